The van der Waals surface area contributed by atoms with Gasteiger partial charge in [0, 0.05) is 16.5 Å². The quantitative estimate of drug-likeness (QED) is 0.783. The minimum atomic E-state index is 0.0219. The minimum absolute atomic E-state index is 0.0219. The van der Waals surface area contributed by atoms with Crippen LogP contribution in [-0.4, -0.2) is 11.9 Å². The maximum Gasteiger partial charge on any atom is 0.251 e. The van der Waals surface area contributed by atoms with Crippen molar-refractivity contribution < 1.29 is 4.79 Å². The van der Waals surface area contributed by atoms with E-state index in [-0.39, 0.29) is 5.91 Å². The second-order valence-corrected chi connectivity index (χ2v) is 6.50. The van der Waals surface area contributed by atoms with Crippen molar-refractivity contribution in [3.63, 3.8) is 0 Å². The number of hydrogen-bond donors (Lipinski definition) is 2. The van der Waals surface area contributed by atoms with E-state index in [1.54, 1.807) is 0 Å². The van der Waals surface area contributed by atoms with E-state index in [1.165, 1.54) is 12.8 Å². The summed E-state index contributed by atoms with van der Waals surface area (Å²) < 4.78 is 0. The summed E-state index contributed by atoms with van der Waals surface area (Å²) in [6, 6.07) is 7.70. The number of amides is 1. The molecule has 0 aromatic heterocycles. The highest BCUT2D eigenvalue weighted by atomic mass is 32.1. The van der Waals surface area contributed by atoms with Crippen molar-refractivity contribution in [1.29, 1.82) is 0 Å². The Balaban J connectivity index is 1.99. The third-order valence-electron chi connectivity index (χ3n) is 3.65. The Bertz CT molecular complexity index is 442. The molecule has 0 bridgehead atoms. The maximum atomic E-state index is 12.1. The van der Waals surface area contributed by atoms with Crippen LogP contribution in [0.25, 0.3) is 0 Å². The normalized spacial score (nSPS) is 22.5. The molecule has 0 radical (unpaired) electrons. The second-order valence-electron chi connectivity index (χ2n) is 5.98. The fraction of sp³-hybridized carbons (Fsp3) is 0.533. The van der Waals surface area contributed by atoms with Crippen molar-refractivity contribution in [2.45, 2.75) is 50.5 Å². The second kappa shape index (κ2) is 5.35. The Labute approximate surface area is 115 Å². The fourth-order valence-electron chi connectivity index (χ4n) is 2.74. The van der Waals surface area contributed by atoms with Gasteiger partial charge in [-0.15, -0.1) is 12.6 Å². The average molecular weight is 263 g/mol. The van der Waals surface area contributed by atoms with Crippen LogP contribution in [0.2, 0.25) is 0 Å². The fourth-order valence-corrected chi connectivity index (χ4v) is 2.96. The summed E-state index contributed by atoms with van der Waals surface area (Å²) >= 11 is 4.26. The van der Waals surface area contributed by atoms with Crippen molar-refractivity contribution in [3.05, 3.63) is 29.8 Å². The average Bonchev–Trinajstić information content (AvgIpc) is 2.27. The molecule has 0 saturated heterocycles. The SMILES string of the molecule is CC1(C)CCCC(NC(=O)c2cccc(S)c2)C1. The summed E-state index contributed by atoms with van der Waals surface area (Å²) in [7, 11) is 0. The van der Waals surface area contributed by atoms with E-state index in [0.717, 1.165) is 17.7 Å². The first kappa shape index (κ1) is 13.5. The van der Waals surface area contributed by atoms with E-state index < -0.39 is 0 Å². The first-order valence-electron chi connectivity index (χ1n) is 6.56. The molecular formula is C15H21NOS. The molecule has 1 aromatic rings. The highest BCUT2D eigenvalue weighted by Gasteiger charge is 2.28. The lowest BCUT2D eigenvalue weighted by Crippen LogP contribution is -2.40. The van der Waals surface area contributed by atoms with E-state index in [1.807, 2.05) is 24.3 Å². The Morgan fingerprint density at radius 1 is 1.44 bits per heavy atom. The van der Waals surface area contributed by atoms with E-state index in [4.69, 9.17) is 0 Å². The molecule has 3 heteroatoms. The zero-order valence-electron chi connectivity index (χ0n) is 11.1. The zero-order chi connectivity index (χ0) is 13.2. The Kier molecular flexibility index (Phi) is 4.00. The van der Waals surface area contributed by atoms with E-state index in [2.05, 4.69) is 31.8 Å². The summed E-state index contributed by atoms with van der Waals surface area (Å²) in [6.07, 6.45) is 4.62. The Morgan fingerprint density at radius 3 is 2.89 bits per heavy atom. The predicted molar refractivity (Wildman–Crippen MR) is 77.2 cm³/mol. The summed E-state index contributed by atoms with van der Waals surface area (Å²) in [4.78, 5) is 13.0. The van der Waals surface area contributed by atoms with Crippen LogP contribution in [0.15, 0.2) is 29.2 Å². The molecule has 18 heavy (non-hydrogen) atoms. The van der Waals surface area contributed by atoms with Gasteiger partial charge in [0.05, 0.1) is 0 Å². The van der Waals surface area contributed by atoms with Crippen molar-refractivity contribution in [2.75, 3.05) is 0 Å². The molecule has 0 heterocycles. The monoisotopic (exact) mass is 263 g/mol. The van der Waals surface area contributed by atoms with Crippen molar-refractivity contribution >= 4 is 18.5 Å². The molecule has 1 aliphatic rings. The molecule has 1 aliphatic carbocycles. The van der Waals surface area contributed by atoms with Gasteiger partial charge in [0.1, 0.15) is 0 Å². The number of carbonyl (C=O) groups excluding carboxylic acids is 1. The third kappa shape index (κ3) is 3.52. The van der Waals surface area contributed by atoms with Gasteiger partial charge in [0.15, 0.2) is 0 Å². The molecule has 1 unspecified atom stereocenters. The minimum Gasteiger partial charge on any atom is -0.349 e. The topological polar surface area (TPSA) is 29.1 Å². The zero-order valence-corrected chi connectivity index (χ0v) is 12.0. The number of thiol groups is 1. The van der Waals surface area contributed by atoms with Gasteiger partial charge >= 0.3 is 0 Å². The smallest absolute Gasteiger partial charge is 0.251 e. The lowest BCUT2D eigenvalue weighted by Gasteiger charge is -2.35. The number of carbonyl (C=O) groups is 1. The maximum absolute atomic E-state index is 12.1. The van der Waals surface area contributed by atoms with E-state index in [9.17, 15) is 4.79 Å². The van der Waals surface area contributed by atoms with Crippen molar-refractivity contribution in [3.8, 4) is 0 Å². The number of rotatable bonds is 2. The summed E-state index contributed by atoms with van der Waals surface area (Å²) in [5.41, 5.74) is 1.05. The largest absolute Gasteiger partial charge is 0.349 e. The van der Waals surface area contributed by atoms with Crippen LogP contribution in [-0.2, 0) is 0 Å². The van der Waals surface area contributed by atoms with Crippen LogP contribution in [0.4, 0.5) is 0 Å². The predicted octanol–water partition coefficient (Wildman–Crippen LogP) is 3.67. The molecule has 1 fully saturated rings. The molecule has 1 amide bonds. The van der Waals surface area contributed by atoms with Gasteiger partial charge in [-0.2, -0.15) is 0 Å². The third-order valence-corrected chi connectivity index (χ3v) is 3.93. The van der Waals surface area contributed by atoms with Gasteiger partial charge < -0.3 is 5.32 Å². The molecule has 1 atom stereocenters. The highest BCUT2D eigenvalue weighted by Crippen LogP contribution is 2.35. The van der Waals surface area contributed by atoms with Gasteiger partial charge in [-0.05, 0) is 42.9 Å². The summed E-state index contributed by atoms with van der Waals surface area (Å²) in [6.45, 7) is 4.55. The Hall–Kier alpha value is -0.960. The molecule has 1 aromatic carbocycles. The van der Waals surface area contributed by atoms with Gasteiger partial charge in [0.2, 0.25) is 0 Å². The van der Waals surface area contributed by atoms with E-state index >= 15 is 0 Å². The van der Waals surface area contributed by atoms with Crippen LogP contribution >= 0.6 is 12.6 Å². The highest BCUT2D eigenvalue weighted by molar-refractivity contribution is 7.80. The lowest BCUT2D eigenvalue weighted by molar-refractivity contribution is 0.0902. The number of benzene rings is 1. The molecular weight excluding hydrogens is 242 g/mol. The van der Waals surface area contributed by atoms with Crippen LogP contribution in [0.3, 0.4) is 0 Å². The van der Waals surface area contributed by atoms with Gasteiger partial charge in [0.25, 0.3) is 5.91 Å². The van der Waals surface area contributed by atoms with Crippen LogP contribution in [0.5, 0.6) is 0 Å². The first-order valence-corrected chi connectivity index (χ1v) is 7.01. The van der Waals surface area contributed by atoms with Gasteiger partial charge in [-0.3, -0.25) is 4.79 Å². The van der Waals surface area contributed by atoms with E-state index in [0.29, 0.717) is 17.0 Å². The summed E-state index contributed by atoms with van der Waals surface area (Å²) in [5, 5.41) is 3.15. The Morgan fingerprint density at radius 2 is 2.22 bits per heavy atom. The van der Waals surface area contributed by atoms with Crippen LogP contribution in [0, 0.1) is 5.41 Å². The van der Waals surface area contributed by atoms with Crippen LogP contribution < -0.4 is 5.32 Å². The summed E-state index contributed by atoms with van der Waals surface area (Å²) in [5.74, 6) is 0.0219. The molecule has 1 N–H and O–H groups in total. The molecule has 2 rings (SSSR count). The first-order chi connectivity index (χ1) is 8.46. The van der Waals surface area contributed by atoms with Crippen molar-refractivity contribution in [1.82, 2.24) is 5.32 Å². The molecule has 98 valence electrons. The number of nitrogens with one attached hydrogen (secondary N) is 1. The van der Waals surface area contributed by atoms with Crippen molar-refractivity contribution in [2.24, 2.45) is 5.41 Å². The number of hydrogen-bond acceptors (Lipinski definition) is 2. The van der Waals surface area contributed by atoms with Gasteiger partial charge in [-0.1, -0.05) is 26.3 Å². The standard InChI is InChI=1S/C15H21NOS/c1-15(2)8-4-6-12(10-15)16-14(17)11-5-3-7-13(18)9-11/h3,5,7,9,12,18H,4,6,8,10H2,1-2H3,(H,16,17). The molecule has 0 aliphatic heterocycles. The molecule has 1 saturated carbocycles. The molecule has 0 spiro atoms. The van der Waals surface area contributed by atoms with Gasteiger partial charge in [-0.25, -0.2) is 0 Å². The lowest BCUT2D eigenvalue weighted by atomic mass is 9.75. The van der Waals surface area contributed by atoms with Crippen LogP contribution in [0.1, 0.15) is 49.9 Å². The molecule has 2 nitrogen and oxygen atoms in total.